The fraction of sp³-hybridized carbons (Fsp3) is 0.0833. The third kappa shape index (κ3) is 4.84. The summed E-state index contributed by atoms with van der Waals surface area (Å²) in [4.78, 5) is 2.42. The van der Waals surface area contributed by atoms with Crippen LogP contribution in [0.5, 0.6) is 0 Å². The molecule has 0 aliphatic rings. The van der Waals surface area contributed by atoms with Gasteiger partial charge >= 0.3 is 0 Å². The van der Waals surface area contributed by atoms with Crippen molar-refractivity contribution in [1.82, 2.24) is 0 Å². The number of hydrogen-bond donors (Lipinski definition) is 0. The molecule has 0 saturated heterocycles. The Hall–Kier alpha value is -5.90. The van der Waals surface area contributed by atoms with Gasteiger partial charge in [-0.15, -0.1) is 11.3 Å². The molecule has 0 bridgehead atoms. The Morgan fingerprint density at radius 3 is 1.96 bits per heavy atom. The first-order chi connectivity index (χ1) is 24.9. The molecular weight excluding hydrogens is 639 g/mol. The first-order valence-electron chi connectivity index (χ1n) is 17.6. The summed E-state index contributed by atoms with van der Waals surface area (Å²) < 4.78 is 9.24. The second kappa shape index (κ2) is 11.3. The van der Waals surface area contributed by atoms with Crippen LogP contribution in [0, 0.1) is 0 Å². The van der Waals surface area contributed by atoms with Gasteiger partial charge in [-0.25, -0.2) is 0 Å². The minimum atomic E-state index is 0.0455. The number of hydrogen-bond acceptors (Lipinski definition) is 3. The summed E-state index contributed by atoms with van der Waals surface area (Å²) in [6, 6.07) is 57.7. The number of fused-ring (bicyclic) bond motifs is 8. The van der Waals surface area contributed by atoms with Crippen LogP contribution >= 0.6 is 11.3 Å². The second-order valence-electron chi connectivity index (χ2n) is 14.6. The monoisotopic (exact) mass is 673 g/mol. The summed E-state index contributed by atoms with van der Waals surface area (Å²) >= 11 is 1.86. The molecule has 10 rings (SSSR count). The van der Waals surface area contributed by atoms with Crippen LogP contribution < -0.4 is 4.90 Å². The van der Waals surface area contributed by atoms with E-state index in [0.29, 0.717) is 0 Å². The average molecular weight is 674 g/mol. The van der Waals surface area contributed by atoms with Crippen molar-refractivity contribution in [3.8, 4) is 11.1 Å². The van der Waals surface area contributed by atoms with Crippen LogP contribution in [0.2, 0.25) is 0 Å². The first-order valence-corrected chi connectivity index (χ1v) is 18.4. The molecule has 0 unspecified atom stereocenters. The number of rotatable bonds is 4. The van der Waals surface area contributed by atoms with Crippen molar-refractivity contribution >= 4 is 92.1 Å². The summed E-state index contributed by atoms with van der Waals surface area (Å²) in [5, 5.41) is 9.70. The molecule has 0 atom stereocenters. The van der Waals surface area contributed by atoms with Crippen LogP contribution in [-0.4, -0.2) is 0 Å². The minimum Gasteiger partial charge on any atom is -0.456 e. The van der Waals surface area contributed by atoms with Crippen molar-refractivity contribution in [3.63, 3.8) is 0 Å². The van der Waals surface area contributed by atoms with Gasteiger partial charge in [-0.1, -0.05) is 118 Å². The zero-order valence-electron chi connectivity index (χ0n) is 28.8. The van der Waals surface area contributed by atoms with E-state index in [-0.39, 0.29) is 5.41 Å². The van der Waals surface area contributed by atoms with Gasteiger partial charge in [-0.2, -0.15) is 0 Å². The fourth-order valence-electron chi connectivity index (χ4n) is 7.84. The van der Waals surface area contributed by atoms with Gasteiger partial charge in [0.25, 0.3) is 0 Å². The highest BCUT2D eigenvalue weighted by Crippen LogP contribution is 2.49. The van der Waals surface area contributed by atoms with E-state index in [9.17, 15) is 0 Å². The van der Waals surface area contributed by atoms with Crippen LogP contribution in [0.1, 0.15) is 26.3 Å². The smallest absolute Gasteiger partial charge is 0.137 e. The largest absolute Gasteiger partial charge is 0.456 e. The summed E-state index contributed by atoms with van der Waals surface area (Å²) in [7, 11) is 0. The topological polar surface area (TPSA) is 16.4 Å². The van der Waals surface area contributed by atoms with E-state index < -0.39 is 0 Å². The van der Waals surface area contributed by atoms with Gasteiger partial charge in [0.15, 0.2) is 0 Å². The van der Waals surface area contributed by atoms with Crippen molar-refractivity contribution in [2.75, 3.05) is 4.90 Å². The molecule has 0 fully saturated rings. The Morgan fingerprint density at radius 2 is 1.16 bits per heavy atom. The third-order valence-corrected chi connectivity index (χ3v) is 11.5. The van der Waals surface area contributed by atoms with Crippen molar-refractivity contribution in [2.24, 2.45) is 0 Å². The molecule has 2 heterocycles. The van der Waals surface area contributed by atoms with Crippen molar-refractivity contribution in [2.45, 2.75) is 26.2 Å². The molecule has 51 heavy (non-hydrogen) atoms. The standard InChI is InChI=1S/C48H35NOS/c1-48(2,3)33-20-22-34(23-21-33)49(35-24-25-37-40-27-31-12-4-5-13-32(31)28-42(40)50-43(37)29-35)41-26-19-30-11-6-7-14-36(30)46(41)39-16-10-18-45-47(39)38-15-8-9-17-44(38)51-45/h4-29H,1-3H3. The second-order valence-corrected chi connectivity index (χ2v) is 15.7. The van der Waals surface area contributed by atoms with Gasteiger partial charge < -0.3 is 9.32 Å². The number of thiophene rings is 1. The number of anilines is 3. The van der Waals surface area contributed by atoms with Gasteiger partial charge in [0.1, 0.15) is 11.2 Å². The maximum Gasteiger partial charge on any atom is 0.137 e. The molecule has 244 valence electrons. The molecular formula is C48H35NOS. The van der Waals surface area contributed by atoms with Gasteiger partial charge in [0, 0.05) is 53.9 Å². The van der Waals surface area contributed by atoms with Crippen LogP contribution in [-0.2, 0) is 5.41 Å². The number of benzene rings is 8. The van der Waals surface area contributed by atoms with Crippen molar-refractivity contribution in [1.29, 1.82) is 0 Å². The zero-order valence-corrected chi connectivity index (χ0v) is 29.6. The van der Waals surface area contributed by atoms with Gasteiger partial charge in [-0.3, -0.25) is 0 Å². The molecule has 0 aliphatic heterocycles. The summed E-state index contributed by atoms with van der Waals surface area (Å²) in [5.74, 6) is 0. The molecule has 2 aromatic heterocycles. The number of nitrogens with zero attached hydrogens (tertiary/aromatic N) is 1. The van der Waals surface area contributed by atoms with E-state index in [2.05, 4.69) is 183 Å². The zero-order chi connectivity index (χ0) is 34.3. The lowest BCUT2D eigenvalue weighted by Gasteiger charge is -2.30. The highest BCUT2D eigenvalue weighted by molar-refractivity contribution is 7.25. The molecule has 8 aromatic carbocycles. The Balaban J connectivity index is 1.27. The van der Waals surface area contributed by atoms with Gasteiger partial charge in [0.05, 0.1) is 5.69 Å². The summed E-state index contributed by atoms with van der Waals surface area (Å²) in [6.45, 7) is 6.81. The lowest BCUT2D eigenvalue weighted by molar-refractivity contribution is 0.590. The average Bonchev–Trinajstić information content (AvgIpc) is 3.71. The Morgan fingerprint density at radius 1 is 0.490 bits per heavy atom. The lowest BCUT2D eigenvalue weighted by Crippen LogP contribution is -2.14. The third-order valence-electron chi connectivity index (χ3n) is 10.4. The van der Waals surface area contributed by atoms with Gasteiger partial charge in [-0.05, 0) is 92.7 Å². The van der Waals surface area contributed by atoms with Crippen LogP contribution in [0.3, 0.4) is 0 Å². The fourth-order valence-corrected chi connectivity index (χ4v) is 8.97. The van der Waals surface area contributed by atoms with Crippen LogP contribution in [0.4, 0.5) is 17.1 Å². The Labute approximate surface area is 300 Å². The molecule has 0 aliphatic carbocycles. The molecule has 0 N–H and O–H groups in total. The van der Waals surface area contributed by atoms with Gasteiger partial charge in [0.2, 0.25) is 0 Å². The number of furan rings is 1. The van der Waals surface area contributed by atoms with Crippen molar-refractivity contribution in [3.05, 3.63) is 163 Å². The van der Waals surface area contributed by atoms with E-state index in [1.54, 1.807) is 0 Å². The minimum absolute atomic E-state index is 0.0455. The Kier molecular flexibility index (Phi) is 6.65. The van der Waals surface area contributed by atoms with E-state index in [4.69, 9.17) is 4.42 Å². The molecule has 3 heteroatoms. The quantitative estimate of drug-likeness (QED) is 0.185. The predicted octanol–water partition coefficient (Wildman–Crippen LogP) is 14.7. The van der Waals surface area contributed by atoms with E-state index >= 15 is 0 Å². The molecule has 0 amide bonds. The summed E-state index contributed by atoms with van der Waals surface area (Å²) in [6.07, 6.45) is 0. The van der Waals surface area contributed by atoms with Crippen LogP contribution in [0.15, 0.2) is 162 Å². The molecule has 0 radical (unpaired) electrons. The van der Waals surface area contributed by atoms with E-state index in [1.807, 2.05) is 11.3 Å². The predicted molar refractivity (Wildman–Crippen MR) is 220 cm³/mol. The SMILES string of the molecule is CC(C)(C)c1ccc(N(c2ccc3c(c2)oc2cc4ccccc4cc23)c2ccc3ccccc3c2-c2cccc3sc4ccccc4c23)cc1. The van der Waals surface area contributed by atoms with Crippen LogP contribution in [0.25, 0.3) is 74.8 Å². The maximum absolute atomic E-state index is 6.64. The molecule has 0 spiro atoms. The van der Waals surface area contributed by atoms with E-state index in [1.165, 1.54) is 58.4 Å². The van der Waals surface area contributed by atoms with Crippen molar-refractivity contribution < 1.29 is 4.42 Å². The highest BCUT2D eigenvalue weighted by atomic mass is 32.1. The Bertz CT molecular complexity index is 2960. The molecule has 10 aromatic rings. The molecule has 2 nitrogen and oxygen atoms in total. The highest BCUT2D eigenvalue weighted by Gasteiger charge is 2.24. The lowest BCUT2D eigenvalue weighted by atomic mass is 9.87. The molecule has 0 saturated carbocycles. The first kappa shape index (κ1) is 30.0. The maximum atomic E-state index is 6.64. The normalized spacial score (nSPS) is 12.2. The summed E-state index contributed by atoms with van der Waals surface area (Å²) in [5.41, 5.74) is 8.87. The van der Waals surface area contributed by atoms with E-state index in [0.717, 1.165) is 39.0 Å².